The van der Waals surface area contributed by atoms with Crippen LogP contribution in [-0.2, 0) is 4.79 Å². The summed E-state index contributed by atoms with van der Waals surface area (Å²) in [6.07, 6.45) is 1.48. The predicted molar refractivity (Wildman–Crippen MR) is 116 cm³/mol. The van der Waals surface area contributed by atoms with Crippen LogP contribution in [0.2, 0.25) is 0 Å². The van der Waals surface area contributed by atoms with Crippen molar-refractivity contribution in [1.29, 1.82) is 5.26 Å². The fourth-order valence-corrected chi connectivity index (χ4v) is 2.64. The van der Waals surface area contributed by atoms with Gasteiger partial charge in [0.05, 0.1) is 5.56 Å². The molecule has 5 nitrogen and oxygen atoms in total. The Hall–Kier alpha value is -4.17. The minimum Gasteiger partial charge on any atom is -0.423 e. The third kappa shape index (κ3) is 5.43. The molecule has 1 N–H and O–H groups in total. The van der Waals surface area contributed by atoms with Crippen molar-refractivity contribution < 1.29 is 14.3 Å². The molecule has 0 heterocycles. The molecule has 0 spiro atoms. The number of rotatable bonds is 5. The van der Waals surface area contributed by atoms with Crippen LogP contribution >= 0.6 is 0 Å². The zero-order valence-corrected chi connectivity index (χ0v) is 16.7. The summed E-state index contributed by atoms with van der Waals surface area (Å²) in [5.41, 5.74) is 3.82. The number of hydrogen-bond acceptors (Lipinski definition) is 4. The van der Waals surface area contributed by atoms with Crippen LogP contribution in [-0.4, -0.2) is 11.9 Å². The summed E-state index contributed by atoms with van der Waals surface area (Å²) < 4.78 is 5.36. The van der Waals surface area contributed by atoms with Crippen molar-refractivity contribution in [2.75, 3.05) is 5.32 Å². The van der Waals surface area contributed by atoms with Crippen molar-refractivity contribution in [3.05, 3.63) is 101 Å². The molecule has 0 bridgehead atoms. The van der Waals surface area contributed by atoms with E-state index in [0.717, 1.165) is 11.1 Å². The summed E-state index contributed by atoms with van der Waals surface area (Å²) in [4.78, 5) is 24.5. The van der Waals surface area contributed by atoms with Crippen LogP contribution in [0.3, 0.4) is 0 Å². The highest BCUT2D eigenvalue weighted by molar-refractivity contribution is 6.09. The average Bonchev–Trinajstić information content (AvgIpc) is 2.75. The summed E-state index contributed by atoms with van der Waals surface area (Å²) in [6.45, 7) is 3.89. The van der Waals surface area contributed by atoms with Crippen LogP contribution in [0.5, 0.6) is 5.75 Å². The monoisotopic (exact) mass is 396 g/mol. The second kappa shape index (κ2) is 9.35. The first-order valence-corrected chi connectivity index (χ1v) is 9.33. The molecule has 0 saturated carbocycles. The van der Waals surface area contributed by atoms with E-state index < -0.39 is 11.9 Å². The van der Waals surface area contributed by atoms with Crippen molar-refractivity contribution in [2.45, 2.75) is 13.8 Å². The number of esters is 1. The van der Waals surface area contributed by atoms with E-state index in [1.165, 1.54) is 6.08 Å². The van der Waals surface area contributed by atoms with Crippen LogP contribution in [0.25, 0.3) is 6.08 Å². The van der Waals surface area contributed by atoms with Crippen LogP contribution < -0.4 is 10.1 Å². The van der Waals surface area contributed by atoms with Crippen LogP contribution in [0, 0.1) is 25.2 Å². The number of nitriles is 1. The molecule has 3 aromatic carbocycles. The Bertz CT molecular complexity index is 1120. The first-order chi connectivity index (χ1) is 14.4. The maximum Gasteiger partial charge on any atom is 0.343 e. The van der Waals surface area contributed by atoms with Gasteiger partial charge < -0.3 is 10.1 Å². The number of ether oxygens (including phenoxy) is 1. The molecule has 148 valence electrons. The molecule has 1 amide bonds. The Morgan fingerprint density at radius 3 is 2.00 bits per heavy atom. The van der Waals surface area contributed by atoms with Crippen LogP contribution in [0.15, 0.2) is 78.4 Å². The van der Waals surface area contributed by atoms with Crippen molar-refractivity contribution >= 4 is 23.6 Å². The Morgan fingerprint density at radius 1 is 0.867 bits per heavy atom. The molecule has 0 aromatic heterocycles. The molecule has 5 heteroatoms. The summed E-state index contributed by atoms with van der Waals surface area (Å²) in [7, 11) is 0. The molecule has 0 fully saturated rings. The SMILES string of the molecule is Cc1ccc(NC(=O)/C(C#N)=C\c2ccc(OC(=O)c3ccc(C)cc3)cc2)cc1. The maximum atomic E-state index is 12.4. The van der Waals surface area contributed by atoms with Gasteiger partial charge in [-0.05, 0) is 61.9 Å². The molecule has 0 aliphatic heterocycles. The molecule has 3 aromatic rings. The standard InChI is InChI=1S/C25H20N2O3/c1-17-3-9-20(10-4-17)25(29)30-23-13-7-19(8-14-23)15-21(16-26)24(28)27-22-11-5-18(2)6-12-22/h3-15H,1-2H3,(H,27,28)/b21-15-. The molecule has 0 radical (unpaired) electrons. The van der Waals surface area contributed by atoms with E-state index in [1.807, 2.05) is 44.2 Å². The van der Waals surface area contributed by atoms with E-state index in [0.29, 0.717) is 22.6 Å². The van der Waals surface area contributed by atoms with Gasteiger partial charge >= 0.3 is 5.97 Å². The predicted octanol–water partition coefficient (Wildman–Crippen LogP) is 5.07. The van der Waals surface area contributed by atoms with Crippen LogP contribution in [0.4, 0.5) is 5.69 Å². The molecule has 0 saturated heterocycles. The fraction of sp³-hybridized carbons (Fsp3) is 0.0800. The minimum atomic E-state index is -0.490. The molecule has 0 unspecified atom stereocenters. The van der Waals surface area contributed by atoms with E-state index in [-0.39, 0.29) is 5.57 Å². The maximum absolute atomic E-state index is 12.4. The lowest BCUT2D eigenvalue weighted by Crippen LogP contribution is -2.13. The molecule has 30 heavy (non-hydrogen) atoms. The number of carbonyl (C=O) groups is 2. The molecular formula is C25H20N2O3. The summed E-state index contributed by atoms with van der Waals surface area (Å²) in [6, 6.07) is 22.9. The highest BCUT2D eigenvalue weighted by Crippen LogP contribution is 2.17. The van der Waals surface area contributed by atoms with Crippen molar-refractivity contribution in [3.63, 3.8) is 0 Å². The second-order valence-corrected chi connectivity index (χ2v) is 6.81. The van der Waals surface area contributed by atoms with E-state index in [4.69, 9.17) is 4.74 Å². The quantitative estimate of drug-likeness (QED) is 0.283. The van der Waals surface area contributed by atoms with Gasteiger partial charge in [-0.3, -0.25) is 4.79 Å². The normalized spacial score (nSPS) is 10.8. The first kappa shape index (κ1) is 20.6. The van der Waals surface area contributed by atoms with Gasteiger partial charge in [-0.1, -0.05) is 47.5 Å². The third-order valence-electron chi connectivity index (χ3n) is 4.36. The number of nitrogens with one attached hydrogen (secondary N) is 1. The van der Waals surface area contributed by atoms with Gasteiger partial charge in [0, 0.05) is 5.69 Å². The van der Waals surface area contributed by atoms with Gasteiger partial charge in [-0.25, -0.2) is 4.79 Å². The molecule has 0 aliphatic carbocycles. The topological polar surface area (TPSA) is 79.2 Å². The average molecular weight is 396 g/mol. The minimum absolute atomic E-state index is 0.0278. The number of amides is 1. The highest BCUT2D eigenvalue weighted by atomic mass is 16.5. The zero-order valence-electron chi connectivity index (χ0n) is 16.7. The van der Waals surface area contributed by atoms with Gasteiger partial charge in [0.2, 0.25) is 0 Å². The largest absolute Gasteiger partial charge is 0.423 e. The summed E-state index contributed by atoms with van der Waals surface area (Å²) in [5.74, 6) is -0.565. The summed E-state index contributed by atoms with van der Waals surface area (Å²) in [5, 5.41) is 12.1. The van der Waals surface area contributed by atoms with E-state index in [9.17, 15) is 14.9 Å². The number of nitrogens with zero attached hydrogens (tertiary/aromatic N) is 1. The van der Waals surface area contributed by atoms with Gasteiger partial charge in [0.1, 0.15) is 17.4 Å². The number of hydrogen-bond donors (Lipinski definition) is 1. The van der Waals surface area contributed by atoms with Gasteiger partial charge in [-0.2, -0.15) is 5.26 Å². The van der Waals surface area contributed by atoms with E-state index in [2.05, 4.69) is 5.32 Å². The summed E-state index contributed by atoms with van der Waals surface area (Å²) >= 11 is 0. The molecule has 0 atom stereocenters. The molecule has 0 aliphatic rings. The first-order valence-electron chi connectivity index (χ1n) is 9.33. The number of carbonyl (C=O) groups excluding carboxylic acids is 2. The van der Waals surface area contributed by atoms with Crippen molar-refractivity contribution in [1.82, 2.24) is 0 Å². The Labute approximate surface area is 175 Å². The smallest absolute Gasteiger partial charge is 0.343 e. The van der Waals surface area contributed by atoms with Gasteiger partial charge in [0.25, 0.3) is 5.91 Å². The van der Waals surface area contributed by atoms with Gasteiger partial charge in [-0.15, -0.1) is 0 Å². The zero-order chi connectivity index (χ0) is 21.5. The second-order valence-electron chi connectivity index (χ2n) is 6.81. The molecular weight excluding hydrogens is 376 g/mol. The van der Waals surface area contributed by atoms with Crippen LogP contribution in [0.1, 0.15) is 27.0 Å². The number of aryl methyl sites for hydroxylation is 2. The lowest BCUT2D eigenvalue weighted by atomic mass is 10.1. The van der Waals surface area contributed by atoms with Crippen molar-refractivity contribution in [3.8, 4) is 11.8 Å². The lowest BCUT2D eigenvalue weighted by Gasteiger charge is -2.06. The fourth-order valence-electron chi connectivity index (χ4n) is 2.64. The number of anilines is 1. The lowest BCUT2D eigenvalue weighted by molar-refractivity contribution is -0.112. The van der Waals surface area contributed by atoms with Gasteiger partial charge in [0.15, 0.2) is 0 Å². The molecule has 3 rings (SSSR count). The Kier molecular flexibility index (Phi) is 6.41. The Morgan fingerprint density at radius 2 is 1.43 bits per heavy atom. The number of benzene rings is 3. The highest BCUT2D eigenvalue weighted by Gasteiger charge is 2.11. The van der Waals surface area contributed by atoms with E-state index in [1.54, 1.807) is 48.5 Å². The Balaban J connectivity index is 1.67. The third-order valence-corrected chi connectivity index (χ3v) is 4.36. The van der Waals surface area contributed by atoms with E-state index >= 15 is 0 Å². The van der Waals surface area contributed by atoms with Crippen molar-refractivity contribution in [2.24, 2.45) is 0 Å².